The quantitative estimate of drug-likeness (QED) is 0.196. The van der Waals surface area contributed by atoms with E-state index in [0.717, 1.165) is 33.6 Å². The molecule has 1 aromatic heterocycles. The van der Waals surface area contributed by atoms with Crippen LogP contribution in [0.5, 0.6) is 0 Å². The lowest BCUT2D eigenvalue weighted by Crippen LogP contribution is -2.16. The van der Waals surface area contributed by atoms with E-state index < -0.39 is 0 Å². The lowest BCUT2D eigenvalue weighted by Gasteiger charge is -2.28. The predicted molar refractivity (Wildman–Crippen MR) is 201 cm³/mol. The van der Waals surface area contributed by atoms with Gasteiger partial charge in [-0.05, 0) is 104 Å². The number of benzene rings is 7. The van der Waals surface area contributed by atoms with Gasteiger partial charge in [-0.3, -0.25) is 0 Å². The van der Waals surface area contributed by atoms with Crippen LogP contribution in [0.2, 0.25) is 0 Å². The number of anilines is 3. The topological polar surface area (TPSA) is 16.4 Å². The van der Waals surface area contributed by atoms with E-state index in [-0.39, 0.29) is 10.8 Å². The minimum absolute atomic E-state index is 0.0466. The molecule has 0 fully saturated rings. The highest BCUT2D eigenvalue weighted by Gasteiger charge is 2.37. The van der Waals surface area contributed by atoms with Crippen molar-refractivity contribution in [2.45, 2.75) is 38.5 Å². The molecule has 0 atom stereocenters. The summed E-state index contributed by atoms with van der Waals surface area (Å²) in [5, 5.41) is 4.71. The average molecular weight is 618 g/mol. The maximum atomic E-state index is 6.32. The van der Waals surface area contributed by atoms with Crippen molar-refractivity contribution in [2.24, 2.45) is 0 Å². The molecule has 2 heteroatoms. The third-order valence-electron chi connectivity index (χ3n) is 11.3. The molecular formula is C46H35NO. The van der Waals surface area contributed by atoms with Gasteiger partial charge in [-0.1, -0.05) is 119 Å². The van der Waals surface area contributed by atoms with E-state index in [1.807, 2.05) is 6.07 Å². The fourth-order valence-corrected chi connectivity index (χ4v) is 8.81. The van der Waals surface area contributed by atoms with Crippen molar-refractivity contribution in [3.63, 3.8) is 0 Å². The zero-order valence-corrected chi connectivity index (χ0v) is 27.6. The highest BCUT2D eigenvalue weighted by molar-refractivity contribution is 6.19. The molecule has 0 N–H and O–H groups in total. The fourth-order valence-electron chi connectivity index (χ4n) is 8.81. The highest BCUT2D eigenvalue weighted by atomic mass is 16.3. The molecule has 0 bridgehead atoms. The first-order valence-corrected chi connectivity index (χ1v) is 16.9. The molecule has 2 nitrogen and oxygen atoms in total. The molecular weight excluding hydrogens is 583 g/mol. The molecule has 0 saturated carbocycles. The van der Waals surface area contributed by atoms with Gasteiger partial charge in [0.1, 0.15) is 11.2 Å². The van der Waals surface area contributed by atoms with E-state index in [4.69, 9.17) is 4.42 Å². The standard InChI is InChI=1S/C46H35NO/c1-45(2)38-14-8-5-11-32(38)36-26-30(20-22-40(36)45)47(31-21-23-41-37(27-31)33-12-6-9-15-39(33)46(41,3)4)29-19-17-28-18-24-43-44(35(28)25-29)34-13-7-10-16-42(34)48-43/h5-27H,1-4H3. The Balaban J connectivity index is 1.24. The Hall–Kier alpha value is -5.60. The van der Waals surface area contributed by atoms with Crippen LogP contribution < -0.4 is 4.90 Å². The number of hydrogen-bond acceptors (Lipinski definition) is 2. The maximum absolute atomic E-state index is 6.32. The first-order chi connectivity index (χ1) is 23.3. The summed E-state index contributed by atoms with van der Waals surface area (Å²) in [6.45, 7) is 9.38. The van der Waals surface area contributed by atoms with Crippen molar-refractivity contribution in [1.29, 1.82) is 0 Å². The molecule has 2 aliphatic rings. The summed E-state index contributed by atoms with van der Waals surface area (Å²) in [7, 11) is 0. The zero-order valence-electron chi connectivity index (χ0n) is 27.6. The first kappa shape index (κ1) is 27.5. The van der Waals surface area contributed by atoms with Crippen LogP contribution in [-0.2, 0) is 10.8 Å². The van der Waals surface area contributed by atoms with Crippen LogP contribution in [0, 0.1) is 0 Å². The van der Waals surface area contributed by atoms with E-state index in [1.165, 1.54) is 60.7 Å². The second-order valence-corrected chi connectivity index (χ2v) is 14.6. The number of para-hydroxylation sites is 1. The van der Waals surface area contributed by atoms with Gasteiger partial charge < -0.3 is 9.32 Å². The number of hydrogen-bond donors (Lipinski definition) is 0. The van der Waals surface area contributed by atoms with Gasteiger partial charge in [-0.15, -0.1) is 0 Å². The number of fused-ring (bicyclic) bond motifs is 11. The molecule has 7 aromatic carbocycles. The molecule has 48 heavy (non-hydrogen) atoms. The highest BCUT2D eigenvalue weighted by Crippen LogP contribution is 2.53. The monoisotopic (exact) mass is 617 g/mol. The molecule has 8 aromatic rings. The SMILES string of the molecule is CC1(C)c2ccccc2-c2cc(N(c3ccc4c(c3)-c3ccccc3C4(C)C)c3ccc4ccc5oc6ccccc6c5c4c3)ccc21. The Morgan fingerprint density at radius 1 is 0.417 bits per heavy atom. The van der Waals surface area contributed by atoms with Crippen LogP contribution in [-0.4, -0.2) is 0 Å². The van der Waals surface area contributed by atoms with E-state index in [2.05, 4.69) is 166 Å². The van der Waals surface area contributed by atoms with Crippen LogP contribution in [0.15, 0.2) is 144 Å². The lowest BCUT2D eigenvalue weighted by atomic mass is 9.82. The Labute approximate surface area is 280 Å². The summed E-state index contributed by atoms with van der Waals surface area (Å²) in [4.78, 5) is 2.45. The Morgan fingerprint density at radius 3 is 1.56 bits per heavy atom. The van der Waals surface area contributed by atoms with Crippen molar-refractivity contribution in [2.75, 3.05) is 4.90 Å². The second-order valence-electron chi connectivity index (χ2n) is 14.6. The number of nitrogens with zero attached hydrogens (tertiary/aromatic N) is 1. The first-order valence-electron chi connectivity index (χ1n) is 16.9. The smallest absolute Gasteiger partial charge is 0.136 e. The third kappa shape index (κ3) is 3.63. The van der Waals surface area contributed by atoms with Crippen LogP contribution in [0.4, 0.5) is 17.1 Å². The van der Waals surface area contributed by atoms with Gasteiger partial charge in [0.15, 0.2) is 0 Å². The second kappa shape index (κ2) is 9.49. The maximum Gasteiger partial charge on any atom is 0.136 e. The summed E-state index contributed by atoms with van der Waals surface area (Å²) < 4.78 is 6.32. The average Bonchev–Trinajstić information content (AvgIpc) is 3.68. The van der Waals surface area contributed by atoms with Gasteiger partial charge in [0.05, 0.1) is 0 Å². The largest absolute Gasteiger partial charge is 0.456 e. The zero-order chi connectivity index (χ0) is 32.4. The van der Waals surface area contributed by atoms with Gasteiger partial charge in [0.2, 0.25) is 0 Å². The van der Waals surface area contributed by atoms with Gasteiger partial charge in [0, 0.05) is 38.7 Å². The van der Waals surface area contributed by atoms with Gasteiger partial charge in [0.25, 0.3) is 0 Å². The summed E-state index contributed by atoms with van der Waals surface area (Å²) >= 11 is 0. The van der Waals surface area contributed by atoms with Crippen molar-refractivity contribution >= 4 is 49.8 Å². The molecule has 10 rings (SSSR count). The molecule has 0 unspecified atom stereocenters. The minimum atomic E-state index is -0.0466. The molecule has 1 heterocycles. The molecule has 0 radical (unpaired) electrons. The molecule has 0 spiro atoms. The molecule has 0 amide bonds. The van der Waals surface area contributed by atoms with Crippen molar-refractivity contribution in [3.8, 4) is 22.3 Å². The fraction of sp³-hybridized carbons (Fsp3) is 0.130. The molecule has 0 aliphatic heterocycles. The van der Waals surface area contributed by atoms with Crippen molar-refractivity contribution < 1.29 is 4.42 Å². The van der Waals surface area contributed by atoms with E-state index >= 15 is 0 Å². The number of rotatable bonds is 3. The van der Waals surface area contributed by atoms with Crippen LogP contribution in [0.25, 0.3) is 55.0 Å². The summed E-state index contributed by atoms with van der Waals surface area (Å²) in [5.74, 6) is 0. The van der Waals surface area contributed by atoms with Crippen LogP contribution in [0.1, 0.15) is 49.9 Å². The normalized spacial score (nSPS) is 15.0. The molecule has 230 valence electrons. The van der Waals surface area contributed by atoms with E-state index in [1.54, 1.807) is 0 Å². The van der Waals surface area contributed by atoms with Gasteiger partial charge in [-0.2, -0.15) is 0 Å². The van der Waals surface area contributed by atoms with E-state index in [9.17, 15) is 0 Å². The molecule has 2 aliphatic carbocycles. The van der Waals surface area contributed by atoms with Gasteiger partial charge in [-0.25, -0.2) is 0 Å². The Kier molecular flexibility index (Phi) is 5.44. The third-order valence-corrected chi connectivity index (χ3v) is 11.3. The van der Waals surface area contributed by atoms with Crippen LogP contribution in [0.3, 0.4) is 0 Å². The van der Waals surface area contributed by atoms with E-state index in [0.29, 0.717) is 0 Å². The summed E-state index contributed by atoms with van der Waals surface area (Å²) in [5.41, 5.74) is 16.0. The Bertz CT molecular complexity index is 2530. The minimum Gasteiger partial charge on any atom is -0.456 e. The van der Waals surface area contributed by atoms with Gasteiger partial charge >= 0.3 is 0 Å². The number of furan rings is 1. The lowest BCUT2D eigenvalue weighted by molar-refractivity contribution is 0.660. The summed E-state index contributed by atoms with van der Waals surface area (Å²) in [6.07, 6.45) is 0. The van der Waals surface area contributed by atoms with Crippen molar-refractivity contribution in [1.82, 2.24) is 0 Å². The van der Waals surface area contributed by atoms with Crippen LogP contribution >= 0.6 is 0 Å². The van der Waals surface area contributed by atoms with Crippen molar-refractivity contribution in [3.05, 3.63) is 162 Å². The summed E-state index contributed by atoms with van der Waals surface area (Å²) in [6, 6.07) is 51.5. The Morgan fingerprint density at radius 2 is 0.917 bits per heavy atom. The predicted octanol–water partition coefficient (Wildman–Crippen LogP) is 12.8. The molecule has 0 saturated heterocycles.